The fourth-order valence-corrected chi connectivity index (χ4v) is 4.16. The number of thiazole rings is 1. The van der Waals surface area contributed by atoms with Gasteiger partial charge in [-0.05, 0) is 18.2 Å². The summed E-state index contributed by atoms with van der Waals surface area (Å²) in [6, 6.07) is 9.20. The van der Waals surface area contributed by atoms with Crippen LogP contribution in [0.4, 0.5) is 27.6 Å². The number of hydrogen-bond acceptors (Lipinski definition) is 6. The fraction of sp³-hybridized carbons (Fsp3) is 0.350. The summed E-state index contributed by atoms with van der Waals surface area (Å²) in [5.41, 5.74) is 3.10. The predicted octanol–water partition coefficient (Wildman–Crippen LogP) is 4.86. The summed E-state index contributed by atoms with van der Waals surface area (Å²) in [7, 11) is 0. The molecule has 5 nitrogen and oxygen atoms in total. The second-order valence-electron chi connectivity index (χ2n) is 7.12. The minimum Gasteiger partial charge on any atom is -0.504 e. The van der Waals surface area contributed by atoms with E-state index in [2.05, 4.69) is 9.72 Å². The molecule has 1 fully saturated rings. The van der Waals surface area contributed by atoms with Crippen molar-refractivity contribution >= 4 is 27.2 Å². The first-order valence-electron chi connectivity index (χ1n) is 9.39. The second kappa shape index (κ2) is 8.12. The average molecular weight is 459 g/mol. The van der Waals surface area contributed by atoms with Crippen LogP contribution in [0.15, 0.2) is 41.9 Å². The van der Waals surface area contributed by atoms with Crippen molar-refractivity contribution in [2.75, 3.05) is 31.1 Å². The normalized spacial score (nSPS) is 16.1. The molecule has 0 bridgehead atoms. The number of alkyl halides is 5. The molecule has 166 valence electrons. The van der Waals surface area contributed by atoms with Gasteiger partial charge in [0.1, 0.15) is 11.3 Å². The fourth-order valence-electron chi connectivity index (χ4n) is 3.48. The molecule has 1 aliphatic rings. The van der Waals surface area contributed by atoms with Gasteiger partial charge in [-0.3, -0.25) is 4.90 Å². The lowest BCUT2D eigenvalue weighted by molar-refractivity contribution is -0.360. The van der Waals surface area contributed by atoms with Crippen molar-refractivity contribution in [1.82, 2.24) is 9.88 Å². The molecule has 2 aromatic carbocycles. The van der Waals surface area contributed by atoms with E-state index in [9.17, 15) is 27.1 Å². The van der Waals surface area contributed by atoms with E-state index in [0.29, 0.717) is 37.4 Å². The Bertz CT molecular complexity index is 1060. The van der Waals surface area contributed by atoms with Crippen LogP contribution >= 0.6 is 11.3 Å². The van der Waals surface area contributed by atoms with E-state index in [-0.39, 0.29) is 17.9 Å². The number of aromatic hydroxyl groups is 1. The second-order valence-corrected chi connectivity index (χ2v) is 8.01. The Kier molecular flexibility index (Phi) is 5.65. The topological polar surface area (TPSA) is 48.8 Å². The number of rotatable bonds is 5. The smallest absolute Gasteiger partial charge is 0.499 e. The number of piperazine rings is 1. The van der Waals surface area contributed by atoms with Crippen molar-refractivity contribution in [1.29, 1.82) is 0 Å². The van der Waals surface area contributed by atoms with Gasteiger partial charge in [0.2, 0.25) is 0 Å². The Labute approximate surface area is 178 Å². The number of nitrogens with zero attached hydrogens (tertiary/aromatic N) is 3. The first-order valence-corrected chi connectivity index (χ1v) is 10.3. The number of aromatic nitrogens is 1. The van der Waals surface area contributed by atoms with E-state index in [0.717, 1.165) is 10.8 Å². The van der Waals surface area contributed by atoms with Crippen LogP contribution in [0, 0.1) is 0 Å². The number of fused-ring (bicyclic) bond motifs is 1. The largest absolute Gasteiger partial charge is 0.504 e. The van der Waals surface area contributed by atoms with Crippen LogP contribution in [-0.4, -0.2) is 53.5 Å². The molecule has 0 radical (unpaired) electrons. The van der Waals surface area contributed by atoms with Gasteiger partial charge in [0, 0.05) is 38.3 Å². The number of halogens is 5. The van der Waals surface area contributed by atoms with E-state index in [1.165, 1.54) is 23.5 Å². The summed E-state index contributed by atoms with van der Waals surface area (Å²) in [5, 5.41) is 10.5. The maximum atomic E-state index is 13.3. The zero-order valence-electron chi connectivity index (χ0n) is 16.1. The number of hydrogen-bond donors (Lipinski definition) is 1. The van der Waals surface area contributed by atoms with E-state index in [1.54, 1.807) is 11.6 Å². The Morgan fingerprint density at radius 1 is 1.00 bits per heavy atom. The van der Waals surface area contributed by atoms with Crippen molar-refractivity contribution in [3.05, 3.63) is 47.5 Å². The maximum absolute atomic E-state index is 13.3. The standard InChI is InChI=1S/C20H18F5N3O2S/c21-19(22,23)20(24,25)30-15-4-2-1-3-13(15)11-27-7-9-28(10-8-27)14-5-6-16-17(18(14)29)26-12-31-16/h1-6,12,29H,7-11H2. The Hall–Kier alpha value is -2.66. The summed E-state index contributed by atoms with van der Waals surface area (Å²) >= 11 is 1.43. The molecule has 0 unspecified atom stereocenters. The Balaban J connectivity index is 1.43. The van der Waals surface area contributed by atoms with E-state index in [4.69, 9.17) is 0 Å². The molecule has 0 saturated carbocycles. The van der Waals surface area contributed by atoms with Crippen molar-refractivity contribution in [2.24, 2.45) is 0 Å². The lowest BCUT2D eigenvalue weighted by Crippen LogP contribution is -2.46. The first-order chi connectivity index (χ1) is 14.7. The quantitative estimate of drug-likeness (QED) is 0.553. The van der Waals surface area contributed by atoms with Crippen molar-refractivity contribution in [3.63, 3.8) is 0 Å². The summed E-state index contributed by atoms with van der Waals surface area (Å²) in [6.07, 6.45) is -11.1. The summed E-state index contributed by atoms with van der Waals surface area (Å²) in [6.45, 7) is 2.31. The Morgan fingerprint density at radius 3 is 2.42 bits per heavy atom. The van der Waals surface area contributed by atoms with E-state index >= 15 is 0 Å². The first kappa shape index (κ1) is 21.6. The lowest BCUT2D eigenvalue weighted by Gasteiger charge is -2.36. The van der Waals surface area contributed by atoms with Crippen molar-refractivity contribution < 1.29 is 31.8 Å². The molecule has 4 rings (SSSR count). The molecule has 1 aliphatic heterocycles. The molecule has 3 aromatic rings. The molecule has 1 aromatic heterocycles. The number of para-hydroxylation sites is 1. The van der Waals surface area contributed by atoms with Gasteiger partial charge in [0.05, 0.1) is 15.9 Å². The maximum Gasteiger partial charge on any atom is 0.499 e. The number of phenolic OH excluding ortho intramolecular Hbond substituents is 1. The molecule has 0 amide bonds. The minimum atomic E-state index is -5.80. The molecular weight excluding hydrogens is 441 g/mol. The van der Waals surface area contributed by atoms with Crippen molar-refractivity contribution in [3.8, 4) is 11.5 Å². The van der Waals surface area contributed by atoms with Crippen LogP contribution in [0.25, 0.3) is 10.2 Å². The predicted molar refractivity (Wildman–Crippen MR) is 107 cm³/mol. The van der Waals surface area contributed by atoms with Crippen LogP contribution in [0.2, 0.25) is 0 Å². The summed E-state index contributed by atoms with van der Waals surface area (Å²) < 4.78 is 69.1. The number of anilines is 1. The van der Waals surface area contributed by atoms with Gasteiger partial charge in [-0.2, -0.15) is 22.0 Å². The molecular formula is C20H18F5N3O2S. The van der Waals surface area contributed by atoms with Gasteiger partial charge in [0.15, 0.2) is 5.75 Å². The Morgan fingerprint density at radius 2 is 1.71 bits per heavy atom. The summed E-state index contributed by atoms with van der Waals surface area (Å²) in [4.78, 5) is 8.10. The third-order valence-electron chi connectivity index (χ3n) is 5.10. The zero-order chi connectivity index (χ0) is 22.2. The molecule has 0 atom stereocenters. The highest BCUT2D eigenvalue weighted by Gasteiger charge is 2.61. The SMILES string of the molecule is Oc1c(N2CCN(Cc3ccccc3OC(F)(F)C(F)(F)F)CC2)ccc2scnc12. The van der Waals surface area contributed by atoms with Gasteiger partial charge < -0.3 is 14.7 Å². The highest BCUT2D eigenvalue weighted by Crippen LogP contribution is 2.39. The van der Waals surface area contributed by atoms with Gasteiger partial charge in [-0.15, -0.1) is 11.3 Å². The minimum absolute atomic E-state index is 0.111. The molecule has 0 spiro atoms. The third-order valence-corrected chi connectivity index (χ3v) is 5.90. The highest BCUT2D eigenvalue weighted by molar-refractivity contribution is 7.16. The van der Waals surface area contributed by atoms with Gasteiger partial charge >= 0.3 is 12.3 Å². The van der Waals surface area contributed by atoms with E-state index in [1.807, 2.05) is 21.9 Å². The lowest BCUT2D eigenvalue weighted by atomic mass is 10.1. The monoisotopic (exact) mass is 459 g/mol. The van der Waals surface area contributed by atoms with Crippen LogP contribution in [0.3, 0.4) is 0 Å². The van der Waals surface area contributed by atoms with Gasteiger partial charge in [0.25, 0.3) is 0 Å². The number of ether oxygens (including phenoxy) is 1. The van der Waals surface area contributed by atoms with Crippen LogP contribution in [0.5, 0.6) is 11.5 Å². The number of benzene rings is 2. The van der Waals surface area contributed by atoms with Crippen LogP contribution in [0.1, 0.15) is 5.56 Å². The molecule has 1 saturated heterocycles. The van der Waals surface area contributed by atoms with Gasteiger partial charge in [-0.25, -0.2) is 4.98 Å². The van der Waals surface area contributed by atoms with Gasteiger partial charge in [-0.1, -0.05) is 18.2 Å². The highest BCUT2D eigenvalue weighted by atomic mass is 32.1. The molecule has 0 aliphatic carbocycles. The molecule has 31 heavy (non-hydrogen) atoms. The molecule has 11 heteroatoms. The van der Waals surface area contributed by atoms with E-state index < -0.39 is 18.0 Å². The number of phenols is 1. The van der Waals surface area contributed by atoms with Crippen LogP contribution in [-0.2, 0) is 6.54 Å². The van der Waals surface area contributed by atoms with Crippen LogP contribution < -0.4 is 9.64 Å². The third kappa shape index (κ3) is 4.38. The molecule has 1 N–H and O–H groups in total. The zero-order valence-corrected chi connectivity index (χ0v) is 16.9. The van der Waals surface area contributed by atoms with Crippen molar-refractivity contribution in [2.45, 2.75) is 18.8 Å². The summed E-state index contributed by atoms with van der Waals surface area (Å²) in [5.74, 6) is -0.390. The molecule has 2 heterocycles. The average Bonchev–Trinajstić information content (AvgIpc) is 3.19.